The summed E-state index contributed by atoms with van der Waals surface area (Å²) in [6.07, 6.45) is 0. The van der Waals surface area contributed by atoms with E-state index in [0.717, 1.165) is 0 Å². The van der Waals surface area contributed by atoms with Crippen molar-refractivity contribution >= 4 is 28.9 Å². The summed E-state index contributed by atoms with van der Waals surface area (Å²) >= 11 is 6.13. The molecule has 2 rings (SSSR count). The fourth-order valence-electron chi connectivity index (χ4n) is 2.15. The van der Waals surface area contributed by atoms with Crippen molar-refractivity contribution in [3.63, 3.8) is 0 Å². The molecule has 2 N–H and O–H groups in total. The van der Waals surface area contributed by atoms with Crippen LogP contribution in [0.25, 0.3) is 0 Å². The Bertz CT molecular complexity index is 780. The Morgan fingerprint density at radius 2 is 2.04 bits per heavy atom. The molecule has 0 saturated carbocycles. The second-order valence-corrected chi connectivity index (χ2v) is 5.29. The Balaban J connectivity index is 2.26. The van der Waals surface area contributed by atoms with Crippen molar-refractivity contribution in [1.29, 1.82) is 0 Å². The van der Waals surface area contributed by atoms with Gasteiger partial charge in [-0.2, -0.15) is 0 Å². The van der Waals surface area contributed by atoms with Crippen LogP contribution in [0.4, 0.5) is 11.4 Å². The summed E-state index contributed by atoms with van der Waals surface area (Å²) in [7, 11) is 3.03. The van der Waals surface area contributed by atoms with E-state index in [1.54, 1.807) is 18.2 Å². The third-order valence-electron chi connectivity index (χ3n) is 3.40. The lowest BCUT2D eigenvalue weighted by Crippen LogP contribution is -2.17. The minimum Gasteiger partial charge on any atom is -0.496 e. The lowest BCUT2D eigenvalue weighted by Gasteiger charge is -2.12. The maximum Gasteiger partial charge on any atom is 0.270 e. The number of nitrogens with one attached hydrogen (secondary N) is 2. The molecule has 0 aliphatic carbocycles. The third kappa shape index (κ3) is 3.94. The summed E-state index contributed by atoms with van der Waals surface area (Å²) < 4.78 is 5.22. The number of nitro benzene ring substituents is 1. The van der Waals surface area contributed by atoms with Gasteiger partial charge in [-0.05, 0) is 24.3 Å². The van der Waals surface area contributed by atoms with E-state index in [4.69, 9.17) is 16.3 Å². The number of rotatable bonds is 6. The van der Waals surface area contributed by atoms with Crippen LogP contribution in [0.5, 0.6) is 5.75 Å². The van der Waals surface area contributed by atoms with Crippen LogP contribution in [0.3, 0.4) is 0 Å². The third-order valence-corrected chi connectivity index (χ3v) is 3.73. The molecule has 126 valence electrons. The predicted molar refractivity (Wildman–Crippen MR) is 91.8 cm³/mol. The Labute approximate surface area is 143 Å². The minimum absolute atomic E-state index is 0.0298. The number of non-ortho nitro benzene ring substituents is 1. The number of hydrogen-bond acceptors (Lipinski definition) is 5. The highest BCUT2D eigenvalue weighted by Crippen LogP contribution is 2.27. The standard InChI is InChI=1S/C16H16ClN3O4/c1-18-16(21)10-3-5-13(17)14(8-10)19-9-11-7-12(20(22)23)4-6-15(11)24-2/h3-8,19H,9H2,1-2H3,(H,18,21). The minimum atomic E-state index is -0.470. The lowest BCUT2D eigenvalue weighted by molar-refractivity contribution is -0.384. The van der Waals surface area contributed by atoms with Crippen molar-refractivity contribution in [2.45, 2.75) is 6.54 Å². The first-order chi connectivity index (χ1) is 11.5. The number of anilines is 1. The molecular weight excluding hydrogens is 334 g/mol. The average molecular weight is 350 g/mol. The van der Waals surface area contributed by atoms with E-state index < -0.39 is 4.92 Å². The van der Waals surface area contributed by atoms with E-state index in [9.17, 15) is 14.9 Å². The fraction of sp³-hybridized carbons (Fsp3) is 0.188. The summed E-state index contributed by atoms with van der Waals surface area (Å²) in [6.45, 7) is 0.252. The van der Waals surface area contributed by atoms with Gasteiger partial charge in [0.2, 0.25) is 0 Å². The largest absolute Gasteiger partial charge is 0.496 e. The molecule has 1 amide bonds. The summed E-state index contributed by atoms with van der Waals surface area (Å²) in [4.78, 5) is 22.1. The Hall–Kier alpha value is -2.80. The van der Waals surface area contributed by atoms with Crippen molar-refractivity contribution < 1.29 is 14.5 Å². The van der Waals surface area contributed by atoms with Crippen LogP contribution in [0.2, 0.25) is 5.02 Å². The zero-order chi connectivity index (χ0) is 17.7. The zero-order valence-electron chi connectivity index (χ0n) is 13.1. The van der Waals surface area contributed by atoms with Gasteiger partial charge in [0.25, 0.3) is 11.6 Å². The first-order valence-corrected chi connectivity index (χ1v) is 7.41. The number of carbonyl (C=O) groups is 1. The van der Waals surface area contributed by atoms with Crippen molar-refractivity contribution in [2.24, 2.45) is 0 Å². The number of ether oxygens (including phenoxy) is 1. The molecule has 8 heteroatoms. The summed E-state index contributed by atoms with van der Waals surface area (Å²) in [6, 6.07) is 9.19. The maximum absolute atomic E-state index is 11.7. The number of methoxy groups -OCH3 is 1. The fourth-order valence-corrected chi connectivity index (χ4v) is 2.34. The molecule has 24 heavy (non-hydrogen) atoms. The zero-order valence-corrected chi connectivity index (χ0v) is 13.9. The van der Waals surface area contributed by atoms with E-state index in [0.29, 0.717) is 27.6 Å². The van der Waals surface area contributed by atoms with Crippen molar-refractivity contribution in [3.05, 3.63) is 62.7 Å². The predicted octanol–water partition coefficient (Wildman–Crippen LogP) is 3.23. The van der Waals surface area contributed by atoms with Crippen LogP contribution in [-0.4, -0.2) is 25.0 Å². The van der Waals surface area contributed by atoms with Crippen molar-refractivity contribution in [3.8, 4) is 5.75 Å². The molecule has 0 aliphatic rings. The van der Waals surface area contributed by atoms with Crippen LogP contribution >= 0.6 is 11.6 Å². The topological polar surface area (TPSA) is 93.5 Å². The second-order valence-electron chi connectivity index (χ2n) is 4.88. The van der Waals surface area contributed by atoms with Crippen molar-refractivity contribution in [2.75, 3.05) is 19.5 Å². The molecule has 0 fully saturated rings. The molecule has 0 aliphatic heterocycles. The Kier molecular flexibility index (Phi) is 5.59. The van der Waals surface area contributed by atoms with Crippen LogP contribution in [-0.2, 0) is 6.54 Å². The van der Waals surface area contributed by atoms with Gasteiger partial charge in [0, 0.05) is 36.9 Å². The summed E-state index contributed by atoms with van der Waals surface area (Å²) in [5, 5.41) is 17.0. The van der Waals surface area contributed by atoms with Gasteiger partial charge < -0.3 is 15.4 Å². The SMILES string of the molecule is CNC(=O)c1ccc(Cl)c(NCc2cc([N+](=O)[O-])ccc2OC)c1. The first-order valence-electron chi connectivity index (χ1n) is 7.03. The lowest BCUT2D eigenvalue weighted by atomic mass is 10.1. The highest BCUT2D eigenvalue weighted by atomic mass is 35.5. The molecule has 0 spiro atoms. The number of amides is 1. The molecule has 0 atom stereocenters. The normalized spacial score (nSPS) is 10.1. The first kappa shape index (κ1) is 17.6. The molecule has 0 aromatic heterocycles. The van der Waals surface area contributed by atoms with Crippen LogP contribution < -0.4 is 15.4 Å². The van der Waals surface area contributed by atoms with Gasteiger partial charge in [0.1, 0.15) is 5.75 Å². The van der Waals surface area contributed by atoms with E-state index in [1.807, 2.05) is 0 Å². The molecule has 7 nitrogen and oxygen atoms in total. The van der Waals surface area contributed by atoms with E-state index >= 15 is 0 Å². The number of carbonyl (C=O) groups excluding carboxylic acids is 1. The van der Waals surface area contributed by atoms with Crippen molar-refractivity contribution in [1.82, 2.24) is 5.32 Å². The van der Waals surface area contributed by atoms with Gasteiger partial charge in [-0.25, -0.2) is 0 Å². The van der Waals surface area contributed by atoms with Gasteiger partial charge in [0.05, 0.1) is 22.7 Å². The summed E-state index contributed by atoms with van der Waals surface area (Å²) in [5.41, 5.74) is 1.58. The molecule has 2 aromatic rings. The smallest absolute Gasteiger partial charge is 0.270 e. The van der Waals surface area contributed by atoms with Gasteiger partial charge >= 0.3 is 0 Å². The number of halogens is 1. The second kappa shape index (κ2) is 7.65. The molecule has 2 aromatic carbocycles. The van der Waals surface area contributed by atoms with Gasteiger partial charge in [-0.15, -0.1) is 0 Å². The van der Waals surface area contributed by atoms with Crippen LogP contribution in [0, 0.1) is 10.1 Å². The van der Waals surface area contributed by atoms with Gasteiger partial charge in [0.15, 0.2) is 0 Å². The maximum atomic E-state index is 11.7. The Morgan fingerprint density at radius 1 is 1.29 bits per heavy atom. The van der Waals surface area contributed by atoms with Gasteiger partial charge in [-0.1, -0.05) is 11.6 Å². The number of benzene rings is 2. The molecule has 0 radical (unpaired) electrons. The van der Waals surface area contributed by atoms with E-state index in [2.05, 4.69) is 10.6 Å². The average Bonchev–Trinajstić information content (AvgIpc) is 2.59. The quantitative estimate of drug-likeness (QED) is 0.617. The van der Waals surface area contributed by atoms with E-state index in [1.165, 1.54) is 32.4 Å². The van der Waals surface area contributed by atoms with Crippen LogP contribution in [0.1, 0.15) is 15.9 Å². The monoisotopic (exact) mass is 349 g/mol. The molecule has 0 heterocycles. The Morgan fingerprint density at radius 3 is 2.67 bits per heavy atom. The highest BCUT2D eigenvalue weighted by Gasteiger charge is 2.12. The molecule has 0 bridgehead atoms. The number of nitro groups is 1. The highest BCUT2D eigenvalue weighted by molar-refractivity contribution is 6.33. The number of hydrogen-bond donors (Lipinski definition) is 2. The molecular formula is C16H16ClN3O4. The number of nitrogens with zero attached hydrogens (tertiary/aromatic N) is 1. The molecule has 0 unspecified atom stereocenters. The van der Waals surface area contributed by atoms with Gasteiger partial charge in [-0.3, -0.25) is 14.9 Å². The van der Waals surface area contributed by atoms with Crippen LogP contribution in [0.15, 0.2) is 36.4 Å². The molecule has 0 saturated heterocycles. The van der Waals surface area contributed by atoms with E-state index in [-0.39, 0.29) is 18.1 Å². The summed E-state index contributed by atoms with van der Waals surface area (Å²) in [5.74, 6) is 0.286.